The molecule has 4 N–H and O–H groups in total. The zero-order valence-electron chi connectivity index (χ0n) is 8.58. The van der Waals surface area contributed by atoms with Crippen molar-refractivity contribution < 1.29 is 4.89 Å². The van der Waals surface area contributed by atoms with Crippen LogP contribution in [-0.4, -0.2) is 17.2 Å². The standard InChI is InChI=1S/C8H19OPS.H3N/c1-7(2)5-10(9,11)6-8(3)4;/h7-8H,5-6H2,1-4H3,(H,9,11);1H3. The molecule has 0 amide bonds. The first-order valence-corrected chi connectivity index (χ1v) is 7.27. The van der Waals surface area contributed by atoms with E-state index >= 15 is 0 Å². The van der Waals surface area contributed by atoms with Crippen molar-refractivity contribution >= 4 is 18.1 Å². The molecule has 0 atom stereocenters. The first-order valence-electron chi connectivity index (χ1n) is 4.14. The Hall–Kier alpha value is 0.570. The average molecular weight is 211 g/mol. The van der Waals surface area contributed by atoms with Crippen LogP contribution in [0.4, 0.5) is 0 Å². The van der Waals surface area contributed by atoms with Crippen molar-refractivity contribution in [1.29, 1.82) is 0 Å². The molecular weight excluding hydrogens is 189 g/mol. The fourth-order valence-corrected chi connectivity index (χ4v) is 5.44. The van der Waals surface area contributed by atoms with Gasteiger partial charge in [0.05, 0.1) is 6.26 Å². The van der Waals surface area contributed by atoms with Crippen LogP contribution in [0.25, 0.3) is 0 Å². The highest BCUT2D eigenvalue weighted by Gasteiger charge is 2.15. The number of hydrogen-bond acceptors (Lipinski definition) is 2. The molecule has 76 valence electrons. The fourth-order valence-electron chi connectivity index (χ4n) is 1.22. The van der Waals surface area contributed by atoms with Gasteiger partial charge in [-0.05, 0) is 11.8 Å². The maximum Gasteiger partial charge on any atom is 0.0641 e. The van der Waals surface area contributed by atoms with Crippen LogP contribution in [0.15, 0.2) is 0 Å². The Kier molecular flexibility index (Phi) is 7.64. The Bertz CT molecular complexity index is 145. The minimum Gasteiger partial charge on any atom is -0.365 e. The van der Waals surface area contributed by atoms with Crippen LogP contribution in [-0.2, 0) is 11.8 Å². The topological polar surface area (TPSA) is 55.2 Å². The van der Waals surface area contributed by atoms with Crippen molar-refractivity contribution in [2.75, 3.05) is 12.3 Å². The number of rotatable bonds is 4. The van der Waals surface area contributed by atoms with E-state index in [2.05, 4.69) is 27.7 Å². The molecule has 0 saturated heterocycles. The zero-order chi connectivity index (χ0) is 9.07. The van der Waals surface area contributed by atoms with E-state index in [-0.39, 0.29) is 6.15 Å². The van der Waals surface area contributed by atoms with Crippen molar-refractivity contribution in [3.05, 3.63) is 0 Å². The van der Waals surface area contributed by atoms with Crippen molar-refractivity contribution in [2.45, 2.75) is 27.7 Å². The second kappa shape index (κ2) is 6.09. The lowest BCUT2D eigenvalue weighted by molar-refractivity contribution is 0.583. The third-order valence-electron chi connectivity index (χ3n) is 1.30. The quantitative estimate of drug-likeness (QED) is 0.703. The Morgan fingerprint density at radius 2 is 1.33 bits per heavy atom. The molecule has 2 nitrogen and oxygen atoms in total. The highest BCUT2D eigenvalue weighted by Crippen LogP contribution is 2.44. The lowest BCUT2D eigenvalue weighted by Gasteiger charge is -2.19. The van der Waals surface area contributed by atoms with E-state index in [0.717, 1.165) is 12.3 Å². The van der Waals surface area contributed by atoms with Crippen molar-refractivity contribution in [1.82, 2.24) is 6.15 Å². The van der Waals surface area contributed by atoms with Gasteiger partial charge in [0, 0.05) is 12.3 Å². The Morgan fingerprint density at radius 3 is 1.50 bits per heavy atom. The van der Waals surface area contributed by atoms with Gasteiger partial charge in [-0.25, -0.2) is 0 Å². The molecule has 0 radical (unpaired) electrons. The molecular formula is C8H22NOPS. The van der Waals surface area contributed by atoms with Crippen molar-refractivity contribution in [3.63, 3.8) is 0 Å². The van der Waals surface area contributed by atoms with E-state index in [9.17, 15) is 4.89 Å². The van der Waals surface area contributed by atoms with Crippen molar-refractivity contribution in [3.8, 4) is 0 Å². The van der Waals surface area contributed by atoms with Gasteiger partial charge in [-0.3, -0.25) is 0 Å². The molecule has 0 rings (SSSR count). The summed E-state index contributed by atoms with van der Waals surface area (Å²) in [6.07, 6.45) is -0.304. The summed E-state index contributed by atoms with van der Waals surface area (Å²) >= 11 is 5.16. The molecule has 0 aromatic heterocycles. The lowest BCUT2D eigenvalue weighted by atomic mass is 10.3. The van der Waals surface area contributed by atoms with Gasteiger partial charge in [0.2, 0.25) is 0 Å². The van der Waals surface area contributed by atoms with E-state index in [4.69, 9.17) is 11.8 Å². The van der Waals surface area contributed by atoms with Crippen LogP contribution >= 0.6 is 6.26 Å². The molecule has 0 aliphatic heterocycles. The fraction of sp³-hybridized carbons (Fsp3) is 1.00. The molecule has 0 aliphatic carbocycles. The van der Waals surface area contributed by atoms with E-state index in [1.54, 1.807) is 0 Å². The second-order valence-electron chi connectivity index (χ2n) is 4.00. The summed E-state index contributed by atoms with van der Waals surface area (Å²) in [5.74, 6) is 1.06. The summed E-state index contributed by atoms with van der Waals surface area (Å²) in [5, 5.41) is 0. The van der Waals surface area contributed by atoms with Crippen LogP contribution in [0, 0.1) is 11.8 Å². The van der Waals surface area contributed by atoms with Crippen LogP contribution in [0.5, 0.6) is 0 Å². The van der Waals surface area contributed by atoms with Crippen LogP contribution in [0.3, 0.4) is 0 Å². The lowest BCUT2D eigenvalue weighted by Crippen LogP contribution is -2.04. The van der Waals surface area contributed by atoms with Crippen molar-refractivity contribution in [2.24, 2.45) is 11.8 Å². The van der Waals surface area contributed by atoms with Gasteiger partial charge >= 0.3 is 0 Å². The summed E-state index contributed by atoms with van der Waals surface area (Å²) in [6, 6.07) is 0. The largest absolute Gasteiger partial charge is 0.365 e. The van der Waals surface area contributed by atoms with Crippen LogP contribution in [0.1, 0.15) is 27.7 Å². The summed E-state index contributed by atoms with van der Waals surface area (Å²) in [7, 11) is 0. The minimum absolute atomic E-state index is 0. The molecule has 0 bridgehead atoms. The first-order chi connectivity index (χ1) is 4.83. The first kappa shape index (κ1) is 15.1. The Morgan fingerprint density at radius 1 is 1.08 bits per heavy atom. The molecule has 0 aliphatic rings. The normalized spacial score (nSPS) is 11.9. The smallest absolute Gasteiger partial charge is 0.0641 e. The van der Waals surface area contributed by atoms with Gasteiger partial charge in [0.1, 0.15) is 0 Å². The molecule has 0 fully saturated rings. The summed E-state index contributed by atoms with van der Waals surface area (Å²) in [6.45, 7) is 8.43. The maximum atomic E-state index is 9.78. The molecule has 0 unspecified atom stereocenters. The second-order valence-corrected chi connectivity index (χ2v) is 8.46. The molecule has 0 spiro atoms. The molecule has 0 heterocycles. The van der Waals surface area contributed by atoms with Gasteiger partial charge in [0.15, 0.2) is 0 Å². The zero-order valence-corrected chi connectivity index (χ0v) is 10.3. The highest BCUT2D eigenvalue weighted by atomic mass is 32.4. The van der Waals surface area contributed by atoms with Gasteiger partial charge in [-0.2, -0.15) is 0 Å². The van der Waals surface area contributed by atoms with Crippen LogP contribution in [0.2, 0.25) is 0 Å². The predicted molar refractivity (Wildman–Crippen MR) is 60.9 cm³/mol. The molecule has 0 aromatic rings. The van der Waals surface area contributed by atoms with Gasteiger partial charge < -0.3 is 11.0 Å². The highest BCUT2D eigenvalue weighted by molar-refractivity contribution is 8.11. The van der Waals surface area contributed by atoms with Crippen LogP contribution < -0.4 is 6.15 Å². The third-order valence-corrected chi connectivity index (χ3v) is 4.80. The molecule has 12 heavy (non-hydrogen) atoms. The van der Waals surface area contributed by atoms with E-state index in [1.165, 1.54) is 0 Å². The summed E-state index contributed by atoms with van der Waals surface area (Å²) < 4.78 is 0. The van der Waals surface area contributed by atoms with E-state index < -0.39 is 6.26 Å². The maximum absolute atomic E-state index is 9.78. The van der Waals surface area contributed by atoms with E-state index in [0.29, 0.717) is 11.8 Å². The Labute approximate surface area is 81.4 Å². The summed E-state index contributed by atoms with van der Waals surface area (Å²) in [4.78, 5) is 9.78. The molecule has 0 saturated carbocycles. The van der Waals surface area contributed by atoms with Gasteiger partial charge in [-0.15, -0.1) is 0 Å². The number of hydrogen-bond donors (Lipinski definition) is 2. The third kappa shape index (κ3) is 8.66. The van der Waals surface area contributed by atoms with Gasteiger partial charge in [-0.1, -0.05) is 39.5 Å². The molecule has 0 aromatic carbocycles. The van der Waals surface area contributed by atoms with E-state index in [1.807, 2.05) is 0 Å². The monoisotopic (exact) mass is 211 g/mol. The predicted octanol–water partition coefficient (Wildman–Crippen LogP) is 2.85. The van der Waals surface area contributed by atoms with Gasteiger partial charge in [0.25, 0.3) is 0 Å². The Balaban J connectivity index is 0. The average Bonchev–Trinajstić information content (AvgIpc) is 1.53. The SMILES string of the molecule is CC(C)CP(O)(=S)CC(C)C.N. The minimum atomic E-state index is -1.97. The summed E-state index contributed by atoms with van der Waals surface area (Å²) in [5.41, 5.74) is 0. The molecule has 4 heteroatoms.